The molecule has 4 heteroatoms. The molecule has 0 saturated heterocycles. The summed E-state index contributed by atoms with van der Waals surface area (Å²) in [5.74, 6) is 0. The summed E-state index contributed by atoms with van der Waals surface area (Å²) in [5.41, 5.74) is 15.0. The molecule has 2 heterocycles. The van der Waals surface area contributed by atoms with Crippen LogP contribution in [0.5, 0.6) is 0 Å². The Hall–Kier alpha value is -6.88. The molecular weight excluding hydrogens is 621 g/mol. The number of hydrogen-bond donors (Lipinski definition) is 0. The highest BCUT2D eigenvalue weighted by Gasteiger charge is 2.36. The molecule has 0 unspecified atom stereocenters. The van der Waals surface area contributed by atoms with Crippen molar-refractivity contribution in [3.05, 3.63) is 174 Å². The largest absolute Gasteiger partial charge is 0.309 e. The van der Waals surface area contributed by atoms with Gasteiger partial charge in [0.15, 0.2) is 5.69 Å². The number of fused-ring (bicyclic) bond motifs is 9. The maximum Gasteiger partial charge on any atom is 0.187 e. The van der Waals surface area contributed by atoms with E-state index in [-0.39, 0.29) is 5.41 Å². The van der Waals surface area contributed by atoms with Crippen molar-refractivity contribution in [2.45, 2.75) is 19.3 Å². The molecule has 0 aliphatic heterocycles. The number of para-hydroxylation sites is 2. The molecule has 0 saturated carbocycles. The molecule has 0 N–H and O–H groups in total. The van der Waals surface area contributed by atoms with Crippen LogP contribution in [0.1, 0.15) is 30.5 Å². The van der Waals surface area contributed by atoms with E-state index in [0.717, 1.165) is 55.4 Å². The van der Waals surface area contributed by atoms with E-state index in [0.29, 0.717) is 11.3 Å². The van der Waals surface area contributed by atoms with Gasteiger partial charge < -0.3 is 9.13 Å². The second kappa shape index (κ2) is 10.6. The lowest BCUT2D eigenvalue weighted by Gasteiger charge is -2.22. The first-order valence-electron chi connectivity index (χ1n) is 17.2. The normalized spacial score (nSPS) is 13.0. The van der Waals surface area contributed by atoms with Gasteiger partial charge >= 0.3 is 0 Å². The summed E-state index contributed by atoms with van der Waals surface area (Å²) in [6.45, 7) is 12.2. The maximum atomic E-state index is 9.61. The molecule has 2 aromatic heterocycles. The summed E-state index contributed by atoms with van der Waals surface area (Å²) in [6, 6.07) is 53.8. The number of nitrogens with zero attached hydrogens (tertiary/aromatic N) is 4. The van der Waals surface area contributed by atoms with Crippen molar-refractivity contribution in [3.8, 4) is 39.7 Å². The standard InChI is InChI=1S/C47H30N4/c1-47(2)41-20-19-32(49-3)25-37(41)38-26-40-36-15-5-7-17-44(36)51(46(40)27-42(38)47)34-13-9-11-31(24-34)30-10-8-12-33(23-30)50-43-16-6-4-14-35(43)39-22-29(28-48)18-21-45(39)50/h4-27H,1-2H3. The minimum atomic E-state index is -0.189. The quantitative estimate of drug-likeness (QED) is 0.175. The van der Waals surface area contributed by atoms with Gasteiger partial charge in [0.2, 0.25) is 0 Å². The van der Waals surface area contributed by atoms with Crippen LogP contribution in [0.15, 0.2) is 146 Å². The third-order valence-electron chi connectivity index (χ3n) is 10.9. The lowest BCUT2D eigenvalue weighted by atomic mass is 9.82. The fourth-order valence-corrected chi connectivity index (χ4v) is 8.52. The topological polar surface area (TPSA) is 38.0 Å². The van der Waals surface area contributed by atoms with Crippen molar-refractivity contribution in [2.24, 2.45) is 0 Å². The zero-order valence-corrected chi connectivity index (χ0v) is 28.1. The van der Waals surface area contributed by atoms with E-state index in [1.165, 1.54) is 33.0 Å². The molecule has 0 bridgehead atoms. The fraction of sp³-hybridized carbons (Fsp3) is 0.0638. The average Bonchev–Trinajstić information content (AvgIpc) is 3.76. The molecule has 4 nitrogen and oxygen atoms in total. The van der Waals surface area contributed by atoms with Crippen molar-refractivity contribution >= 4 is 49.3 Å². The van der Waals surface area contributed by atoms with Gasteiger partial charge in [-0.05, 0) is 106 Å². The van der Waals surface area contributed by atoms with E-state index >= 15 is 0 Å². The Morgan fingerprint density at radius 1 is 0.529 bits per heavy atom. The van der Waals surface area contributed by atoms with Crippen molar-refractivity contribution in [3.63, 3.8) is 0 Å². The van der Waals surface area contributed by atoms with Crippen LogP contribution in [-0.4, -0.2) is 9.13 Å². The van der Waals surface area contributed by atoms with Gasteiger partial charge in [-0.1, -0.05) is 86.6 Å². The first-order chi connectivity index (χ1) is 24.9. The van der Waals surface area contributed by atoms with Crippen LogP contribution in [0.3, 0.4) is 0 Å². The number of rotatable bonds is 3. The smallest absolute Gasteiger partial charge is 0.187 e. The molecular formula is C47H30N4. The Morgan fingerprint density at radius 2 is 1.12 bits per heavy atom. The van der Waals surface area contributed by atoms with Crippen LogP contribution in [0.4, 0.5) is 5.69 Å². The Bertz CT molecular complexity index is 3030. The van der Waals surface area contributed by atoms with Gasteiger partial charge in [-0.3, -0.25) is 0 Å². The van der Waals surface area contributed by atoms with Crippen LogP contribution in [0, 0.1) is 17.9 Å². The molecule has 0 fully saturated rings. The number of nitriles is 1. The maximum absolute atomic E-state index is 9.61. The predicted octanol–water partition coefficient (Wildman–Crippen LogP) is 12.3. The van der Waals surface area contributed by atoms with E-state index in [1.54, 1.807) is 0 Å². The number of benzene rings is 7. The Morgan fingerprint density at radius 3 is 1.76 bits per heavy atom. The Kier molecular flexibility index (Phi) is 6.02. The van der Waals surface area contributed by atoms with Crippen LogP contribution in [0.2, 0.25) is 0 Å². The Balaban J connectivity index is 1.15. The molecule has 1 aliphatic carbocycles. The summed E-state index contributed by atoms with van der Waals surface area (Å²) in [4.78, 5) is 3.74. The van der Waals surface area contributed by atoms with Gasteiger partial charge in [0.05, 0.1) is 40.3 Å². The second-order valence-corrected chi connectivity index (χ2v) is 14.0. The monoisotopic (exact) mass is 650 g/mol. The third-order valence-corrected chi connectivity index (χ3v) is 10.9. The third kappa shape index (κ3) is 4.11. The van der Waals surface area contributed by atoms with Crippen LogP contribution in [-0.2, 0) is 5.41 Å². The summed E-state index contributed by atoms with van der Waals surface area (Å²) in [6.07, 6.45) is 0. The van der Waals surface area contributed by atoms with E-state index in [1.807, 2.05) is 18.2 Å². The van der Waals surface area contributed by atoms with Gasteiger partial charge in [0, 0.05) is 38.3 Å². The van der Waals surface area contributed by atoms with Crippen molar-refractivity contribution in [1.82, 2.24) is 9.13 Å². The van der Waals surface area contributed by atoms with E-state index in [2.05, 4.69) is 161 Å². The molecule has 7 aromatic carbocycles. The zero-order valence-electron chi connectivity index (χ0n) is 28.1. The minimum Gasteiger partial charge on any atom is -0.309 e. The molecule has 0 spiro atoms. The number of hydrogen-bond acceptors (Lipinski definition) is 1. The lowest BCUT2D eigenvalue weighted by Crippen LogP contribution is -2.15. The first-order valence-corrected chi connectivity index (χ1v) is 17.2. The molecule has 238 valence electrons. The highest BCUT2D eigenvalue weighted by Crippen LogP contribution is 2.52. The van der Waals surface area contributed by atoms with E-state index in [9.17, 15) is 5.26 Å². The van der Waals surface area contributed by atoms with Crippen LogP contribution in [0.25, 0.3) is 82.1 Å². The van der Waals surface area contributed by atoms with Crippen molar-refractivity contribution in [2.75, 3.05) is 0 Å². The van der Waals surface area contributed by atoms with Gasteiger partial charge in [0.25, 0.3) is 0 Å². The molecule has 0 radical (unpaired) electrons. The zero-order chi connectivity index (χ0) is 34.4. The van der Waals surface area contributed by atoms with Gasteiger partial charge in [-0.2, -0.15) is 5.26 Å². The lowest BCUT2D eigenvalue weighted by molar-refractivity contribution is 0.661. The van der Waals surface area contributed by atoms with Gasteiger partial charge in [-0.25, -0.2) is 4.85 Å². The highest BCUT2D eigenvalue weighted by atomic mass is 15.0. The second-order valence-electron chi connectivity index (χ2n) is 14.0. The fourth-order valence-electron chi connectivity index (χ4n) is 8.52. The molecule has 0 atom stereocenters. The molecule has 9 aromatic rings. The van der Waals surface area contributed by atoms with Gasteiger partial charge in [0.1, 0.15) is 0 Å². The van der Waals surface area contributed by atoms with E-state index < -0.39 is 0 Å². The highest BCUT2D eigenvalue weighted by molar-refractivity contribution is 6.12. The van der Waals surface area contributed by atoms with Crippen molar-refractivity contribution < 1.29 is 0 Å². The SMILES string of the molecule is [C-]#[N+]c1ccc2c(c1)-c1cc3c4ccccc4n(-c4cccc(-c5cccc(-n6c7ccccc7c7cc(C#N)ccc76)c5)c4)c3cc1C2(C)C. The summed E-state index contributed by atoms with van der Waals surface area (Å²) >= 11 is 0. The summed E-state index contributed by atoms with van der Waals surface area (Å²) < 4.78 is 4.70. The van der Waals surface area contributed by atoms with Crippen molar-refractivity contribution in [1.29, 1.82) is 5.26 Å². The predicted molar refractivity (Wildman–Crippen MR) is 209 cm³/mol. The summed E-state index contributed by atoms with van der Waals surface area (Å²) in [5, 5.41) is 14.2. The minimum absolute atomic E-state index is 0.189. The van der Waals surface area contributed by atoms with Crippen LogP contribution >= 0.6 is 0 Å². The first kappa shape index (κ1) is 29.1. The van der Waals surface area contributed by atoms with Crippen LogP contribution < -0.4 is 0 Å². The molecule has 10 rings (SSSR count). The van der Waals surface area contributed by atoms with Gasteiger partial charge in [-0.15, -0.1) is 0 Å². The Labute approximate surface area is 295 Å². The average molecular weight is 651 g/mol. The molecule has 51 heavy (non-hydrogen) atoms. The molecule has 0 amide bonds. The number of aromatic nitrogens is 2. The van der Waals surface area contributed by atoms with E-state index in [4.69, 9.17) is 6.57 Å². The summed E-state index contributed by atoms with van der Waals surface area (Å²) in [7, 11) is 0. The molecule has 1 aliphatic rings.